The summed E-state index contributed by atoms with van der Waals surface area (Å²) in [6.45, 7) is 2.21. The molecule has 4 nitrogen and oxygen atoms in total. The van der Waals surface area contributed by atoms with E-state index in [0.29, 0.717) is 27.8 Å². The maximum Gasteiger partial charge on any atom is 0.338 e. The van der Waals surface area contributed by atoms with E-state index in [2.05, 4.69) is 0 Å². The van der Waals surface area contributed by atoms with E-state index in [4.69, 9.17) is 27.9 Å². The number of aromatic nitrogens is 1. The zero-order chi connectivity index (χ0) is 16.1. The highest BCUT2D eigenvalue weighted by Crippen LogP contribution is 2.22. The van der Waals surface area contributed by atoms with E-state index in [1.54, 1.807) is 54.2 Å². The van der Waals surface area contributed by atoms with Crippen LogP contribution in [0.25, 0.3) is 0 Å². The van der Waals surface area contributed by atoms with E-state index >= 15 is 0 Å². The number of hydrogen-bond donors (Lipinski definition) is 0. The molecule has 0 fully saturated rings. The average molecular weight is 339 g/mol. The molecule has 0 saturated heterocycles. The lowest BCUT2D eigenvalue weighted by atomic mass is 10.1. The molecular weight excluding hydrogens is 325 g/mol. The number of ether oxygens (including phenoxy) is 1. The van der Waals surface area contributed by atoms with Gasteiger partial charge in [0.1, 0.15) is 0 Å². The molecule has 1 heterocycles. The molecule has 1 aromatic heterocycles. The van der Waals surface area contributed by atoms with Crippen LogP contribution in [0.4, 0.5) is 0 Å². The van der Waals surface area contributed by atoms with Gasteiger partial charge >= 0.3 is 5.97 Å². The van der Waals surface area contributed by atoms with Gasteiger partial charge in [0.05, 0.1) is 22.2 Å². The molecule has 0 spiro atoms. The van der Waals surface area contributed by atoms with E-state index in [-0.39, 0.29) is 18.3 Å². The predicted molar refractivity (Wildman–Crippen MR) is 83.4 cm³/mol. The molecule has 1 aromatic carbocycles. The number of esters is 1. The van der Waals surface area contributed by atoms with Gasteiger partial charge in [-0.25, -0.2) is 4.79 Å². The maximum absolute atomic E-state index is 12.2. The van der Waals surface area contributed by atoms with E-state index in [9.17, 15) is 9.59 Å². The highest BCUT2D eigenvalue weighted by molar-refractivity contribution is 6.42. The lowest BCUT2D eigenvalue weighted by Crippen LogP contribution is -2.37. The standard InChI is InChI=1S/C16H14Cl2NO3/c1-2-22-16(21)11-5-7-19(8-6-11)10-15(20)12-3-4-13(17)14(18)9-12/h3-9H,2,10H2,1H3/q+1. The first kappa shape index (κ1) is 16.5. The average Bonchev–Trinajstić information content (AvgIpc) is 2.51. The summed E-state index contributed by atoms with van der Waals surface area (Å²) in [4.78, 5) is 23.7. The molecular formula is C16H14Cl2NO3+. The second-order valence-corrected chi connectivity index (χ2v) is 5.35. The summed E-state index contributed by atoms with van der Waals surface area (Å²) in [7, 11) is 0. The maximum atomic E-state index is 12.2. The van der Waals surface area contributed by atoms with Crippen molar-refractivity contribution in [2.75, 3.05) is 6.61 Å². The highest BCUT2D eigenvalue weighted by Gasteiger charge is 2.15. The van der Waals surface area contributed by atoms with Gasteiger partial charge in [-0.05, 0) is 25.1 Å². The van der Waals surface area contributed by atoms with Gasteiger partial charge in [0, 0.05) is 17.7 Å². The van der Waals surface area contributed by atoms with Gasteiger partial charge in [0.15, 0.2) is 12.4 Å². The number of benzene rings is 1. The van der Waals surface area contributed by atoms with Gasteiger partial charge in [0.2, 0.25) is 12.3 Å². The molecule has 0 radical (unpaired) electrons. The number of rotatable bonds is 5. The van der Waals surface area contributed by atoms with Crippen LogP contribution in [0, 0.1) is 0 Å². The Morgan fingerprint density at radius 3 is 2.32 bits per heavy atom. The smallest absolute Gasteiger partial charge is 0.338 e. The third-order valence-corrected chi connectivity index (χ3v) is 3.71. The van der Waals surface area contributed by atoms with Crippen molar-refractivity contribution in [2.45, 2.75) is 13.5 Å². The number of halogens is 2. The van der Waals surface area contributed by atoms with Gasteiger partial charge in [-0.15, -0.1) is 0 Å². The second kappa shape index (κ2) is 7.38. The number of Topliss-reactive ketones (excluding diaryl/α,β-unsaturated/α-hetero) is 1. The van der Waals surface area contributed by atoms with Crippen molar-refractivity contribution < 1.29 is 18.9 Å². The van der Waals surface area contributed by atoms with Gasteiger partial charge in [-0.3, -0.25) is 4.79 Å². The van der Waals surface area contributed by atoms with Crippen molar-refractivity contribution in [1.82, 2.24) is 0 Å². The van der Waals surface area contributed by atoms with E-state index < -0.39 is 0 Å². The van der Waals surface area contributed by atoms with E-state index in [1.165, 1.54) is 0 Å². The Bertz CT molecular complexity index is 699. The molecule has 22 heavy (non-hydrogen) atoms. The first-order valence-electron chi connectivity index (χ1n) is 6.65. The van der Waals surface area contributed by atoms with Crippen LogP contribution >= 0.6 is 23.2 Å². The lowest BCUT2D eigenvalue weighted by molar-refractivity contribution is -0.683. The number of carbonyl (C=O) groups excluding carboxylic acids is 2. The molecule has 0 unspecified atom stereocenters. The van der Waals surface area contributed by atoms with Crippen LogP contribution in [0.2, 0.25) is 10.0 Å². The van der Waals surface area contributed by atoms with Gasteiger partial charge in [-0.2, -0.15) is 4.57 Å². The fraction of sp³-hybridized carbons (Fsp3) is 0.188. The fourth-order valence-electron chi connectivity index (χ4n) is 1.84. The molecule has 0 atom stereocenters. The van der Waals surface area contributed by atoms with Crippen LogP contribution in [-0.4, -0.2) is 18.4 Å². The zero-order valence-corrected chi connectivity index (χ0v) is 13.4. The molecule has 0 saturated carbocycles. The third kappa shape index (κ3) is 4.06. The number of nitrogens with zero attached hydrogens (tertiary/aromatic N) is 1. The quantitative estimate of drug-likeness (QED) is 0.477. The Morgan fingerprint density at radius 2 is 1.73 bits per heavy atom. The summed E-state index contributed by atoms with van der Waals surface area (Å²) in [5.41, 5.74) is 0.927. The number of pyridine rings is 1. The van der Waals surface area contributed by atoms with Crippen LogP contribution in [0.3, 0.4) is 0 Å². The molecule has 6 heteroatoms. The van der Waals surface area contributed by atoms with Crippen molar-refractivity contribution in [3.05, 3.63) is 63.9 Å². The molecule has 0 amide bonds. The number of ketones is 1. The molecule has 0 aliphatic carbocycles. The Hall–Kier alpha value is -1.91. The topological polar surface area (TPSA) is 47.2 Å². The van der Waals surface area contributed by atoms with Crippen LogP contribution in [0.5, 0.6) is 0 Å². The third-order valence-electron chi connectivity index (χ3n) is 2.97. The second-order valence-electron chi connectivity index (χ2n) is 4.53. The molecule has 2 rings (SSSR count). The molecule has 0 aliphatic heterocycles. The lowest BCUT2D eigenvalue weighted by Gasteiger charge is -2.02. The predicted octanol–water partition coefficient (Wildman–Crippen LogP) is 3.34. The molecule has 0 N–H and O–H groups in total. The molecule has 2 aromatic rings. The minimum Gasteiger partial charge on any atom is -0.462 e. The summed E-state index contributed by atoms with van der Waals surface area (Å²) in [6, 6.07) is 7.98. The van der Waals surface area contributed by atoms with Crippen molar-refractivity contribution in [2.24, 2.45) is 0 Å². The largest absolute Gasteiger partial charge is 0.462 e. The van der Waals surface area contributed by atoms with Gasteiger partial charge in [0.25, 0.3) is 0 Å². The summed E-state index contributed by atoms with van der Waals surface area (Å²) in [5.74, 6) is -0.488. The van der Waals surface area contributed by atoms with E-state index in [0.717, 1.165) is 0 Å². The minimum atomic E-state index is -0.384. The molecule has 0 bridgehead atoms. The highest BCUT2D eigenvalue weighted by atomic mass is 35.5. The van der Waals surface area contributed by atoms with Crippen molar-refractivity contribution in [1.29, 1.82) is 0 Å². The SMILES string of the molecule is CCOC(=O)c1cc[n+](CC(=O)c2ccc(Cl)c(Cl)c2)cc1. The Kier molecular flexibility index (Phi) is 5.52. The minimum absolute atomic E-state index is 0.104. The normalized spacial score (nSPS) is 10.3. The fourth-order valence-corrected chi connectivity index (χ4v) is 2.14. The Morgan fingerprint density at radius 1 is 1.05 bits per heavy atom. The Labute approximate surface area is 138 Å². The van der Waals surface area contributed by atoms with Crippen LogP contribution < -0.4 is 4.57 Å². The summed E-state index contributed by atoms with van der Waals surface area (Å²) in [5, 5.41) is 0.750. The Balaban J connectivity index is 2.08. The van der Waals surface area contributed by atoms with Gasteiger partial charge in [-0.1, -0.05) is 23.2 Å². The zero-order valence-electron chi connectivity index (χ0n) is 11.9. The van der Waals surface area contributed by atoms with Crippen molar-refractivity contribution in [3.63, 3.8) is 0 Å². The molecule has 114 valence electrons. The molecule has 0 aliphatic rings. The first-order chi connectivity index (χ1) is 10.5. The number of hydrogen-bond acceptors (Lipinski definition) is 3. The van der Waals surface area contributed by atoms with Gasteiger partial charge < -0.3 is 4.74 Å². The first-order valence-corrected chi connectivity index (χ1v) is 7.41. The summed E-state index contributed by atoms with van der Waals surface area (Å²) in [6.07, 6.45) is 3.31. The number of carbonyl (C=O) groups is 2. The summed E-state index contributed by atoms with van der Waals surface area (Å²) >= 11 is 11.7. The summed E-state index contributed by atoms with van der Waals surface area (Å²) < 4.78 is 6.57. The monoisotopic (exact) mass is 338 g/mol. The van der Waals surface area contributed by atoms with E-state index in [1.807, 2.05) is 0 Å². The van der Waals surface area contributed by atoms with Crippen LogP contribution in [-0.2, 0) is 11.3 Å². The van der Waals surface area contributed by atoms with Crippen LogP contribution in [0.15, 0.2) is 42.7 Å². The van der Waals surface area contributed by atoms with Crippen molar-refractivity contribution >= 4 is 35.0 Å². The van der Waals surface area contributed by atoms with Crippen LogP contribution in [0.1, 0.15) is 27.6 Å². The van der Waals surface area contributed by atoms with Crippen molar-refractivity contribution in [3.8, 4) is 0 Å².